The number of amides is 1. The first-order valence-corrected chi connectivity index (χ1v) is 9.43. The van der Waals surface area contributed by atoms with Gasteiger partial charge in [0.2, 0.25) is 0 Å². The fourth-order valence-electron chi connectivity index (χ4n) is 3.74. The van der Waals surface area contributed by atoms with Gasteiger partial charge in [-0.3, -0.25) is 9.69 Å². The van der Waals surface area contributed by atoms with Crippen molar-refractivity contribution >= 4 is 11.6 Å². The summed E-state index contributed by atoms with van der Waals surface area (Å²) >= 11 is 0. The maximum atomic E-state index is 13.0. The van der Waals surface area contributed by atoms with Gasteiger partial charge in [-0.25, -0.2) is 5.01 Å². The van der Waals surface area contributed by atoms with Crippen LogP contribution < -0.4 is 0 Å². The van der Waals surface area contributed by atoms with Crippen LogP contribution in [0.4, 0.5) is 0 Å². The molecule has 0 unspecified atom stereocenters. The van der Waals surface area contributed by atoms with Crippen molar-refractivity contribution in [3.63, 3.8) is 0 Å². The molecule has 1 aromatic carbocycles. The Labute approximate surface area is 154 Å². The van der Waals surface area contributed by atoms with Gasteiger partial charge in [-0.05, 0) is 50.6 Å². The molecule has 1 aromatic heterocycles. The van der Waals surface area contributed by atoms with Crippen molar-refractivity contribution in [3.05, 3.63) is 59.5 Å². The van der Waals surface area contributed by atoms with Crippen molar-refractivity contribution in [2.24, 2.45) is 5.10 Å². The van der Waals surface area contributed by atoms with Gasteiger partial charge in [-0.1, -0.05) is 36.2 Å². The number of likely N-dealkylation sites (tertiary alicyclic amines) is 1. The molecular formula is C21H25N3O2. The molecule has 26 heavy (non-hydrogen) atoms. The predicted octanol–water partition coefficient (Wildman–Crippen LogP) is 3.75. The van der Waals surface area contributed by atoms with Crippen LogP contribution in [0.3, 0.4) is 0 Å². The highest BCUT2D eigenvalue weighted by atomic mass is 16.3. The van der Waals surface area contributed by atoms with Crippen molar-refractivity contribution in [1.82, 2.24) is 9.91 Å². The molecule has 3 heterocycles. The molecule has 1 atom stereocenters. The van der Waals surface area contributed by atoms with Crippen molar-refractivity contribution in [2.75, 3.05) is 19.6 Å². The maximum Gasteiger partial charge on any atom is 0.257 e. The minimum Gasteiger partial charge on any atom is -0.467 e. The molecule has 0 bridgehead atoms. The van der Waals surface area contributed by atoms with E-state index in [9.17, 15) is 4.79 Å². The normalized spacial score (nSPS) is 21.0. The standard InChI is InChI=1S/C21H25N3O2/c1-16-7-9-17(10-8-16)18-14-19(20-6-5-13-26-20)24(22-18)21(25)15-23-11-3-2-4-12-23/h5-10,13,19H,2-4,11-12,14-15H2,1H3/t19-/m1/s1. The third-order valence-electron chi connectivity index (χ3n) is 5.23. The molecule has 1 amide bonds. The van der Waals surface area contributed by atoms with Gasteiger partial charge in [0.1, 0.15) is 11.8 Å². The number of furan rings is 1. The molecule has 0 saturated carbocycles. The van der Waals surface area contributed by atoms with Crippen LogP contribution in [0.1, 0.15) is 48.6 Å². The lowest BCUT2D eigenvalue weighted by Gasteiger charge is -2.28. The fraction of sp³-hybridized carbons (Fsp3) is 0.429. The van der Waals surface area contributed by atoms with Gasteiger partial charge in [0.15, 0.2) is 0 Å². The van der Waals surface area contributed by atoms with Crippen LogP contribution in [-0.4, -0.2) is 41.2 Å². The van der Waals surface area contributed by atoms with Crippen molar-refractivity contribution in [3.8, 4) is 0 Å². The molecule has 4 rings (SSSR count). The van der Waals surface area contributed by atoms with Gasteiger partial charge >= 0.3 is 0 Å². The first kappa shape index (κ1) is 17.0. The van der Waals surface area contributed by atoms with Crippen molar-refractivity contribution < 1.29 is 9.21 Å². The summed E-state index contributed by atoms with van der Waals surface area (Å²) in [6.07, 6.45) is 5.95. The smallest absolute Gasteiger partial charge is 0.257 e. The van der Waals surface area contributed by atoms with Gasteiger partial charge in [-0.2, -0.15) is 5.10 Å². The number of rotatable bonds is 4. The van der Waals surface area contributed by atoms with Crippen LogP contribution in [0.25, 0.3) is 0 Å². The van der Waals surface area contributed by atoms with Gasteiger partial charge in [0, 0.05) is 6.42 Å². The second-order valence-corrected chi connectivity index (χ2v) is 7.22. The number of benzene rings is 1. The van der Waals surface area contributed by atoms with E-state index >= 15 is 0 Å². The summed E-state index contributed by atoms with van der Waals surface area (Å²) in [6.45, 7) is 4.50. The zero-order valence-electron chi connectivity index (χ0n) is 15.2. The highest BCUT2D eigenvalue weighted by molar-refractivity contribution is 6.03. The Bertz CT molecular complexity index is 774. The SMILES string of the molecule is Cc1ccc(C2=NN(C(=O)CN3CCCCC3)[C@@H](c3ccco3)C2)cc1. The Morgan fingerprint density at radius 2 is 1.92 bits per heavy atom. The average molecular weight is 351 g/mol. The molecule has 2 aliphatic rings. The highest BCUT2D eigenvalue weighted by Crippen LogP contribution is 2.33. The van der Waals surface area contributed by atoms with E-state index in [-0.39, 0.29) is 11.9 Å². The van der Waals surface area contributed by atoms with Crippen LogP contribution in [0.2, 0.25) is 0 Å². The lowest BCUT2D eigenvalue weighted by Crippen LogP contribution is -2.40. The quantitative estimate of drug-likeness (QED) is 0.843. The predicted molar refractivity (Wildman–Crippen MR) is 101 cm³/mol. The van der Waals surface area contributed by atoms with Crippen LogP contribution in [0.15, 0.2) is 52.2 Å². The summed E-state index contributed by atoms with van der Waals surface area (Å²) in [5.41, 5.74) is 3.23. The fourth-order valence-corrected chi connectivity index (χ4v) is 3.74. The third-order valence-corrected chi connectivity index (χ3v) is 5.23. The summed E-state index contributed by atoms with van der Waals surface area (Å²) < 4.78 is 5.61. The van der Waals surface area contributed by atoms with Crippen LogP contribution in [-0.2, 0) is 4.79 Å². The monoisotopic (exact) mass is 351 g/mol. The molecular weight excluding hydrogens is 326 g/mol. The highest BCUT2D eigenvalue weighted by Gasteiger charge is 2.35. The lowest BCUT2D eigenvalue weighted by atomic mass is 10.0. The Kier molecular flexibility index (Phi) is 4.89. The van der Waals surface area contributed by atoms with E-state index in [1.165, 1.54) is 24.8 Å². The summed E-state index contributed by atoms with van der Waals surface area (Å²) in [6, 6.07) is 12.0. The molecule has 2 aliphatic heterocycles. The number of piperidine rings is 1. The van der Waals surface area contributed by atoms with E-state index in [2.05, 4.69) is 36.1 Å². The molecule has 5 heteroatoms. The largest absolute Gasteiger partial charge is 0.467 e. The second-order valence-electron chi connectivity index (χ2n) is 7.22. The molecule has 5 nitrogen and oxygen atoms in total. The molecule has 0 aliphatic carbocycles. The molecule has 0 N–H and O–H groups in total. The number of hydrazone groups is 1. The second kappa shape index (κ2) is 7.46. The van der Waals surface area contributed by atoms with Gasteiger partial charge in [-0.15, -0.1) is 0 Å². The zero-order valence-corrected chi connectivity index (χ0v) is 15.2. The van der Waals surface area contributed by atoms with Gasteiger partial charge in [0.05, 0.1) is 18.5 Å². The van der Waals surface area contributed by atoms with Crippen LogP contribution >= 0.6 is 0 Å². The molecule has 136 valence electrons. The number of hydrogen-bond donors (Lipinski definition) is 0. The number of hydrogen-bond acceptors (Lipinski definition) is 4. The van der Waals surface area contributed by atoms with Crippen LogP contribution in [0, 0.1) is 6.92 Å². The number of carbonyl (C=O) groups excluding carboxylic acids is 1. The first-order chi connectivity index (χ1) is 12.7. The molecule has 1 saturated heterocycles. The minimum atomic E-state index is -0.154. The summed E-state index contributed by atoms with van der Waals surface area (Å²) in [7, 11) is 0. The first-order valence-electron chi connectivity index (χ1n) is 9.43. The summed E-state index contributed by atoms with van der Waals surface area (Å²) in [5.74, 6) is 0.846. The molecule has 0 spiro atoms. The van der Waals surface area contributed by atoms with Crippen molar-refractivity contribution in [2.45, 2.75) is 38.6 Å². The molecule has 0 radical (unpaired) electrons. The van der Waals surface area contributed by atoms with E-state index in [1.807, 2.05) is 12.1 Å². The van der Waals surface area contributed by atoms with E-state index in [0.29, 0.717) is 13.0 Å². The van der Waals surface area contributed by atoms with E-state index in [1.54, 1.807) is 11.3 Å². The topological polar surface area (TPSA) is 49.1 Å². The third kappa shape index (κ3) is 3.58. The van der Waals surface area contributed by atoms with Crippen LogP contribution in [0.5, 0.6) is 0 Å². The van der Waals surface area contributed by atoms with Gasteiger partial charge in [0.25, 0.3) is 5.91 Å². The Morgan fingerprint density at radius 3 is 2.62 bits per heavy atom. The number of nitrogens with zero attached hydrogens (tertiary/aromatic N) is 3. The average Bonchev–Trinajstić information content (AvgIpc) is 3.33. The zero-order chi connectivity index (χ0) is 17.9. The molecule has 1 fully saturated rings. The maximum absolute atomic E-state index is 13.0. The minimum absolute atomic E-state index is 0.0513. The Balaban J connectivity index is 1.56. The van der Waals surface area contributed by atoms with E-state index in [4.69, 9.17) is 9.52 Å². The summed E-state index contributed by atoms with van der Waals surface area (Å²) in [5, 5.41) is 6.35. The van der Waals surface area contributed by atoms with Gasteiger partial charge < -0.3 is 4.42 Å². The van der Waals surface area contributed by atoms with Crippen molar-refractivity contribution in [1.29, 1.82) is 0 Å². The Hall–Kier alpha value is -2.40. The summed E-state index contributed by atoms with van der Waals surface area (Å²) in [4.78, 5) is 15.2. The number of aryl methyl sites for hydroxylation is 1. The van der Waals surface area contributed by atoms with E-state index < -0.39 is 0 Å². The van der Waals surface area contributed by atoms with E-state index in [0.717, 1.165) is 30.1 Å². The Morgan fingerprint density at radius 1 is 1.15 bits per heavy atom. The number of carbonyl (C=O) groups is 1. The molecule has 2 aromatic rings. The lowest BCUT2D eigenvalue weighted by molar-refractivity contribution is -0.134.